The SMILES string of the molecule is C[C@]12CCC(=O)C=C1C=C[C@@H]1[C@@H]2CC[C@@]2(C)[C@H]1CCC2(O)C(F)(F)C(F)(F)F. The summed E-state index contributed by atoms with van der Waals surface area (Å²) < 4.78 is 68.3. The zero-order chi connectivity index (χ0) is 20.8. The fraction of sp³-hybridized carbons (Fsp3) is 0.762. The van der Waals surface area contributed by atoms with Gasteiger partial charge in [0.15, 0.2) is 5.78 Å². The van der Waals surface area contributed by atoms with E-state index < -0.39 is 35.5 Å². The van der Waals surface area contributed by atoms with Crippen molar-refractivity contribution >= 4 is 5.78 Å². The summed E-state index contributed by atoms with van der Waals surface area (Å²) in [7, 11) is 0. The highest BCUT2D eigenvalue weighted by Gasteiger charge is 2.78. The normalized spacial score (nSPS) is 45.9. The Hall–Kier alpha value is -1.24. The molecule has 4 aliphatic rings. The van der Waals surface area contributed by atoms with Crippen molar-refractivity contribution in [2.24, 2.45) is 28.6 Å². The summed E-state index contributed by atoms with van der Waals surface area (Å²) in [6, 6.07) is 0. The fourth-order valence-corrected chi connectivity index (χ4v) is 6.76. The van der Waals surface area contributed by atoms with Gasteiger partial charge in [-0.25, -0.2) is 0 Å². The van der Waals surface area contributed by atoms with Gasteiger partial charge in [-0.15, -0.1) is 0 Å². The van der Waals surface area contributed by atoms with E-state index >= 15 is 0 Å². The fourth-order valence-electron chi connectivity index (χ4n) is 6.76. The third kappa shape index (κ3) is 2.25. The largest absolute Gasteiger partial charge is 0.456 e. The molecule has 6 atom stereocenters. The molecule has 0 aliphatic heterocycles. The number of carbonyl (C=O) groups is 1. The first-order valence-electron chi connectivity index (χ1n) is 9.88. The zero-order valence-electron chi connectivity index (χ0n) is 16.0. The van der Waals surface area contributed by atoms with Gasteiger partial charge in [-0.1, -0.05) is 26.0 Å². The van der Waals surface area contributed by atoms with Crippen LogP contribution in [-0.2, 0) is 4.79 Å². The van der Waals surface area contributed by atoms with E-state index in [0.717, 1.165) is 5.57 Å². The molecule has 7 heteroatoms. The van der Waals surface area contributed by atoms with Crippen molar-refractivity contribution in [3.63, 3.8) is 0 Å². The average molecular weight is 404 g/mol. The molecule has 0 saturated heterocycles. The summed E-state index contributed by atoms with van der Waals surface area (Å²) in [5, 5.41) is 10.8. The van der Waals surface area contributed by atoms with Gasteiger partial charge in [0.25, 0.3) is 0 Å². The van der Waals surface area contributed by atoms with E-state index in [1.54, 1.807) is 6.08 Å². The molecule has 1 N–H and O–H groups in total. The van der Waals surface area contributed by atoms with E-state index in [-0.39, 0.29) is 35.9 Å². The minimum atomic E-state index is -5.79. The van der Waals surface area contributed by atoms with Crippen LogP contribution in [-0.4, -0.2) is 28.6 Å². The van der Waals surface area contributed by atoms with Crippen molar-refractivity contribution in [2.45, 2.75) is 70.1 Å². The van der Waals surface area contributed by atoms with Crippen molar-refractivity contribution in [3.05, 3.63) is 23.8 Å². The highest BCUT2D eigenvalue weighted by molar-refractivity contribution is 5.92. The molecule has 2 saturated carbocycles. The smallest absolute Gasteiger partial charge is 0.383 e. The van der Waals surface area contributed by atoms with Crippen LogP contribution in [0.2, 0.25) is 0 Å². The number of fused-ring (bicyclic) bond motifs is 5. The second-order valence-electron chi connectivity index (χ2n) is 9.56. The predicted octanol–water partition coefficient (Wildman–Crippen LogP) is 5.22. The molecule has 0 amide bonds. The van der Waals surface area contributed by atoms with Crippen LogP contribution in [0.1, 0.15) is 52.4 Å². The molecule has 156 valence electrons. The molecule has 4 rings (SSSR count). The summed E-state index contributed by atoms with van der Waals surface area (Å²) in [4.78, 5) is 11.8. The highest BCUT2D eigenvalue weighted by Crippen LogP contribution is 2.69. The van der Waals surface area contributed by atoms with Crippen molar-refractivity contribution in [3.8, 4) is 0 Å². The number of hydrogen-bond acceptors (Lipinski definition) is 2. The van der Waals surface area contributed by atoms with Crippen molar-refractivity contribution in [1.29, 1.82) is 0 Å². The quantitative estimate of drug-likeness (QED) is 0.608. The molecular formula is C21H25F5O2. The molecule has 0 spiro atoms. The third-order valence-electron chi connectivity index (χ3n) is 8.54. The number of alkyl halides is 5. The van der Waals surface area contributed by atoms with Crippen molar-refractivity contribution < 1.29 is 31.9 Å². The van der Waals surface area contributed by atoms with E-state index in [1.807, 2.05) is 12.2 Å². The lowest BCUT2D eigenvalue weighted by molar-refractivity contribution is -0.363. The van der Waals surface area contributed by atoms with Crippen LogP contribution >= 0.6 is 0 Å². The van der Waals surface area contributed by atoms with Gasteiger partial charge in [0.05, 0.1) is 0 Å². The molecule has 0 bridgehead atoms. The lowest BCUT2D eigenvalue weighted by atomic mass is 9.48. The molecule has 4 aliphatic carbocycles. The molecule has 2 nitrogen and oxygen atoms in total. The minimum Gasteiger partial charge on any atom is -0.383 e. The van der Waals surface area contributed by atoms with Crippen LogP contribution in [0.15, 0.2) is 23.8 Å². The van der Waals surface area contributed by atoms with Gasteiger partial charge in [0.2, 0.25) is 0 Å². The molecule has 0 aromatic carbocycles. The second kappa shape index (κ2) is 5.67. The van der Waals surface area contributed by atoms with Crippen LogP contribution in [0.4, 0.5) is 22.0 Å². The summed E-state index contributed by atoms with van der Waals surface area (Å²) in [5.41, 5.74) is -3.95. The number of allylic oxidation sites excluding steroid dienone is 4. The van der Waals surface area contributed by atoms with Gasteiger partial charge < -0.3 is 5.11 Å². The number of halogens is 5. The maximum Gasteiger partial charge on any atom is 0.456 e. The Kier molecular flexibility index (Phi) is 4.06. The maximum absolute atomic E-state index is 14.4. The molecular weight excluding hydrogens is 379 g/mol. The Morgan fingerprint density at radius 2 is 1.68 bits per heavy atom. The third-order valence-corrected chi connectivity index (χ3v) is 8.54. The first kappa shape index (κ1) is 20.0. The molecule has 1 unspecified atom stereocenters. The number of carbonyl (C=O) groups excluding carboxylic acids is 1. The van der Waals surface area contributed by atoms with Crippen LogP contribution in [0, 0.1) is 28.6 Å². The highest BCUT2D eigenvalue weighted by atomic mass is 19.4. The van der Waals surface area contributed by atoms with E-state index in [0.29, 0.717) is 19.3 Å². The van der Waals surface area contributed by atoms with Crippen molar-refractivity contribution in [2.75, 3.05) is 0 Å². The summed E-state index contributed by atoms with van der Waals surface area (Å²) in [6.45, 7) is 3.48. The molecule has 0 aromatic heterocycles. The standard InChI is InChI=1S/C21H25F5O2/c1-17-8-5-13(27)11-12(17)3-4-14-15(17)6-9-18(2)16(14)7-10-19(18,28)20(22,23)21(24,25)26/h3-4,11,14-16,28H,5-10H2,1-2H3/t14-,15+,16+,17+,18+,19?/m1/s1. The van der Waals surface area contributed by atoms with Crippen molar-refractivity contribution in [1.82, 2.24) is 0 Å². The Bertz CT molecular complexity index is 769. The van der Waals surface area contributed by atoms with Gasteiger partial charge in [-0.2, -0.15) is 22.0 Å². The Morgan fingerprint density at radius 3 is 2.32 bits per heavy atom. The maximum atomic E-state index is 14.4. The monoisotopic (exact) mass is 404 g/mol. The lowest BCUT2D eigenvalue weighted by Crippen LogP contribution is -2.65. The summed E-state index contributed by atoms with van der Waals surface area (Å²) in [5.74, 6) is -5.63. The molecule has 28 heavy (non-hydrogen) atoms. The predicted molar refractivity (Wildman–Crippen MR) is 92.6 cm³/mol. The first-order chi connectivity index (χ1) is 12.8. The number of hydrogen-bond donors (Lipinski definition) is 1. The van der Waals surface area contributed by atoms with Gasteiger partial charge in [-0.05, 0) is 66.9 Å². The zero-order valence-corrected chi connectivity index (χ0v) is 16.0. The number of rotatable bonds is 1. The molecule has 0 aromatic rings. The number of aliphatic hydroxyl groups is 1. The Balaban J connectivity index is 1.74. The second-order valence-corrected chi connectivity index (χ2v) is 9.56. The van der Waals surface area contributed by atoms with E-state index in [4.69, 9.17) is 0 Å². The van der Waals surface area contributed by atoms with Gasteiger partial charge in [-0.3, -0.25) is 4.79 Å². The number of ketones is 1. The van der Waals surface area contributed by atoms with Crippen LogP contribution in [0.3, 0.4) is 0 Å². The van der Waals surface area contributed by atoms with Crippen LogP contribution < -0.4 is 0 Å². The van der Waals surface area contributed by atoms with E-state index in [9.17, 15) is 31.9 Å². The van der Waals surface area contributed by atoms with E-state index in [1.165, 1.54) is 6.92 Å². The van der Waals surface area contributed by atoms with E-state index in [2.05, 4.69) is 6.92 Å². The lowest BCUT2D eigenvalue weighted by Gasteiger charge is -2.58. The molecule has 2 fully saturated rings. The average Bonchev–Trinajstić information content (AvgIpc) is 2.87. The summed E-state index contributed by atoms with van der Waals surface area (Å²) >= 11 is 0. The van der Waals surface area contributed by atoms with Gasteiger partial charge in [0, 0.05) is 11.8 Å². The Morgan fingerprint density at radius 1 is 1.04 bits per heavy atom. The first-order valence-corrected chi connectivity index (χ1v) is 9.88. The Labute approximate surface area is 160 Å². The minimum absolute atomic E-state index is 0.0660. The van der Waals surface area contributed by atoms with Crippen LogP contribution in [0.5, 0.6) is 0 Å². The topological polar surface area (TPSA) is 37.3 Å². The van der Waals surface area contributed by atoms with Crippen LogP contribution in [0.25, 0.3) is 0 Å². The summed E-state index contributed by atoms with van der Waals surface area (Å²) in [6.07, 6.45) is 0.835. The van der Waals surface area contributed by atoms with Gasteiger partial charge in [0.1, 0.15) is 5.60 Å². The molecule has 0 radical (unpaired) electrons. The van der Waals surface area contributed by atoms with Gasteiger partial charge >= 0.3 is 12.1 Å². The molecule has 0 heterocycles.